The Bertz CT molecular complexity index is 906. The van der Waals surface area contributed by atoms with Crippen molar-refractivity contribution in [1.29, 1.82) is 0 Å². The molecule has 0 atom stereocenters. The van der Waals surface area contributed by atoms with Crippen LogP contribution in [0.25, 0.3) is 5.82 Å². The molecule has 0 spiro atoms. The third kappa shape index (κ3) is 3.44. The van der Waals surface area contributed by atoms with Crippen molar-refractivity contribution in [1.82, 2.24) is 14.8 Å². The van der Waals surface area contributed by atoms with Crippen molar-refractivity contribution in [3.8, 4) is 5.82 Å². The lowest BCUT2D eigenvalue weighted by Gasteiger charge is -2.10. The van der Waals surface area contributed by atoms with E-state index in [0.29, 0.717) is 18.1 Å². The zero-order chi connectivity index (χ0) is 17.0. The SMILES string of the molecule is O=S(=O)(Nc1ccnn1-c1ccccn1)c1ccc(CCO)cc1. The third-order valence-electron chi connectivity index (χ3n) is 3.38. The van der Waals surface area contributed by atoms with Gasteiger partial charge in [-0.1, -0.05) is 18.2 Å². The van der Waals surface area contributed by atoms with Crippen molar-refractivity contribution in [2.24, 2.45) is 0 Å². The first kappa shape index (κ1) is 16.2. The van der Waals surface area contributed by atoms with Gasteiger partial charge in [-0.2, -0.15) is 9.78 Å². The first-order valence-corrected chi connectivity index (χ1v) is 8.76. The van der Waals surface area contributed by atoms with Crippen molar-refractivity contribution in [2.45, 2.75) is 11.3 Å². The lowest BCUT2D eigenvalue weighted by molar-refractivity contribution is 0.299. The van der Waals surface area contributed by atoms with E-state index in [1.807, 2.05) is 0 Å². The molecule has 0 amide bonds. The molecule has 0 aliphatic rings. The molecule has 0 saturated heterocycles. The molecule has 124 valence electrons. The Balaban J connectivity index is 1.87. The van der Waals surface area contributed by atoms with E-state index in [0.717, 1.165) is 5.56 Å². The summed E-state index contributed by atoms with van der Waals surface area (Å²) in [6.45, 7) is 0.0214. The number of pyridine rings is 1. The second-order valence-corrected chi connectivity index (χ2v) is 6.72. The lowest BCUT2D eigenvalue weighted by atomic mass is 10.2. The second kappa shape index (κ2) is 6.81. The summed E-state index contributed by atoms with van der Waals surface area (Å²) in [5.41, 5.74) is 0.870. The number of nitrogens with one attached hydrogen (secondary N) is 1. The zero-order valence-corrected chi connectivity index (χ0v) is 13.5. The highest BCUT2D eigenvalue weighted by Crippen LogP contribution is 2.18. The van der Waals surface area contributed by atoms with Crippen LogP contribution < -0.4 is 4.72 Å². The van der Waals surface area contributed by atoms with Gasteiger partial charge in [0.25, 0.3) is 10.0 Å². The average Bonchev–Trinajstić information content (AvgIpc) is 3.04. The van der Waals surface area contributed by atoms with Gasteiger partial charge in [0.05, 0.1) is 11.1 Å². The Hall–Kier alpha value is -2.71. The van der Waals surface area contributed by atoms with E-state index >= 15 is 0 Å². The van der Waals surface area contributed by atoms with E-state index in [1.165, 1.54) is 23.0 Å². The topological polar surface area (TPSA) is 97.1 Å². The number of aliphatic hydroxyl groups excluding tert-OH is 1. The standard InChI is InChI=1S/C16H16N4O3S/c21-12-9-13-4-6-14(7-5-13)24(22,23)19-16-8-11-18-20(16)15-3-1-2-10-17-15/h1-8,10-11,19,21H,9,12H2. The Labute approximate surface area is 139 Å². The minimum absolute atomic E-state index is 0.0214. The maximum Gasteiger partial charge on any atom is 0.263 e. The van der Waals surface area contributed by atoms with Gasteiger partial charge in [0.1, 0.15) is 5.82 Å². The van der Waals surface area contributed by atoms with Crippen LogP contribution in [-0.2, 0) is 16.4 Å². The summed E-state index contributed by atoms with van der Waals surface area (Å²) in [5, 5.41) is 13.0. The molecule has 2 aromatic heterocycles. The van der Waals surface area contributed by atoms with Crippen LogP contribution in [-0.4, -0.2) is 34.9 Å². The summed E-state index contributed by atoms with van der Waals surface area (Å²) in [7, 11) is -3.75. The second-order valence-electron chi connectivity index (χ2n) is 5.04. The van der Waals surface area contributed by atoms with Gasteiger partial charge in [0, 0.05) is 18.9 Å². The van der Waals surface area contributed by atoms with Crippen LogP contribution in [0.2, 0.25) is 0 Å². The quantitative estimate of drug-likeness (QED) is 0.708. The molecule has 24 heavy (non-hydrogen) atoms. The van der Waals surface area contributed by atoms with Crippen LogP contribution in [0.5, 0.6) is 0 Å². The minimum Gasteiger partial charge on any atom is -0.396 e. The molecular weight excluding hydrogens is 328 g/mol. The summed E-state index contributed by atoms with van der Waals surface area (Å²) in [6.07, 6.45) is 3.59. The number of aromatic nitrogens is 3. The molecule has 0 aliphatic heterocycles. The number of rotatable bonds is 6. The van der Waals surface area contributed by atoms with E-state index in [4.69, 9.17) is 5.11 Å². The number of anilines is 1. The highest BCUT2D eigenvalue weighted by molar-refractivity contribution is 7.92. The number of aliphatic hydroxyl groups is 1. The highest BCUT2D eigenvalue weighted by atomic mass is 32.2. The summed E-state index contributed by atoms with van der Waals surface area (Å²) in [4.78, 5) is 4.30. The van der Waals surface area contributed by atoms with Gasteiger partial charge in [0.15, 0.2) is 5.82 Å². The first-order chi connectivity index (χ1) is 11.6. The van der Waals surface area contributed by atoms with E-state index in [1.54, 1.807) is 42.6 Å². The normalized spacial score (nSPS) is 11.4. The van der Waals surface area contributed by atoms with Crippen LogP contribution >= 0.6 is 0 Å². The van der Waals surface area contributed by atoms with Gasteiger partial charge in [-0.3, -0.25) is 4.72 Å². The van der Waals surface area contributed by atoms with Gasteiger partial charge in [-0.25, -0.2) is 13.4 Å². The maximum absolute atomic E-state index is 12.5. The Kier molecular flexibility index (Phi) is 4.59. The fraction of sp³-hybridized carbons (Fsp3) is 0.125. The molecule has 0 fully saturated rings. The lowest BCUT2D eigenvalue weighted by Crippen LogP contribution is -2.16. The first-order valence-electron chi connectivity index (χ1n) is 7.28. The number of hydrogen-bond donors (Lipinski definition) is 2. The fourth-order valence-electron chi connectivity index (χ4n) is 2.20. The van der Waals surface area contributed by atoms with Gasteiger partial charge in [-0.15, -0.1) is 0 Å². The van der Waals surface area contributed by atoms with Crippen molar-refractivity contribution in [3.05, 3.63) is 66.5 Å². The van der Waals surface area contributed by atoms with E-state index in [2.05, 4.69) is 14.8 Å². The van der Waals surface area contributed by atoms with Crippen LogP contribution in [0.3, 0.4) is 0 Å². The minimum atomic E-state index is -3.75. The van der Waals surface area contributed by atoms with Crippen molar-refractivity contribution in [2.75, 3.05) is 11.3 Å². The predicted molar refractivity (Wildman–Crippen MR) is 89.4 cm³/mol. The molecule has 2 heterocycles. The van der Waals surface area contributed by atoms with Crippen LogP contribution in [0.15, 0.2) is 65.8 Å². The highest BCUT2D eigenvalue weighted by Gasteiger charge is 2.17. The number of hydrogen-bond acceptors (Lipinski definition) is 5. The van der Waals surface area contributed by atoms with Gasteiger partial charge in [-0.05, 0) is 36.2 Å². The van der Waals surface area contributed by atoms with Gasteiger partial charge < -0.3 is 5.11 Å². The molecule has 0 radical (unpaired) electrons. The molecule has 2 N–H and O–H groups in total. The van der Waals surface area contributed by atoms with Crippen LogP contribution in [0.1, 0.15) is 5.56 Å². The number of nitrogens with zero attached hydrogens (tertiary/aromatic N) is 3. The Morgan fingerprint density at radius 2 is 1.83 bits per heavy atom. The summed E-state index contributed by atoms with van der Waals surface area (Å²) in [5.74, 6) is 0.812. The van der Waals surface area contributed by atoms with E-state index < -0.39 is 10.0 Å². The molecule has 8 heteroatoms. The van der Waals surface area contributed by atoms with Crippen LogP contribution in [0, 0.1) is 0 Å². The average molecular weight is 344 g/mol. The van der Waals surface area contributed by atoms with E-state index in [9.17, 15) is 8.42 Å². The van der Waals surface area contributed by atoms with Gasteiger partial charge in [0.2, 0.25) is 0 Å². The molecule has 3 aromatic rings. The van der Waals surface area contributed by atoms with Gasteiger partial charge >= 0.3 is 0 Å². The van der Waals surface area contributed by atoms with E-state index in [-0.39, 0.29) is 11.5 Å². The summed E-state index contributed by atoms with van der Waals surface area (Å²) < 4.78 is 29.0. The molecule has 3 rings (SSSR count). The molecule has 1 aromatic carbocycles. The Morgan fingerprint density at radius 3 is 2.50 bits per heavy atom. The van der Waals surface area contributed by atoms with Crippen LogP contribution in [0.4, 0.5) is 5.82 Å². The van der Waals surface area contributed by atoms with Crippen molar-refractivity contribution in [3.63, 3.8) is 0 Å². The molecule has 0 bridgehead atoms. The zero-order valence-electron chi connectivity index (χ0n) is 12.7. The largest absolute Gasteiger partial charge is 0.396 e. The Morgan fingerprint density at radius 1 is 1.04 bits per heavy atom. The summed E-state index contributed by atoms with van der Waals surface area (Å²) in [6, 6.07) is 13.2. The number of sulfonamides is 1. The molecule has 0 saturated carbocycles. The fourth-order valence-corrected chi connectivity index (χ4v) is 3.25. The molecule has 0 unspecified atom stereocenters. The third-order valence-corrected chi connectivity index (χ3v) is 4.75. The maximum atomic E-state index is 12.5. The molecular formula is C16H16N4O3S. The predicted octanol–water partition coefficient (Wildman–Crippen LogP) is 1.60. The number of benzene rings is 1. The molecule has 0 aliphatic carbocycles. The smallest absolute Gasteiger partial charge is 0.263 e. The molecule has 7 nitrogen and oxygen atoms in total. The summed E-state index contributed by atoms with van der Waals surface area (Å²) >= 11 is 0. The van der Waals surface area contributed by atoms with Crippen molar-refractivity contribution < 1.29 is 13.5 Å². The monoisotopic (exact) mass is 344 g/mol. The van der Waals surface area contributed by atoms with Crippen molar-refractivity contribution >= 4 is 15.8 Å².